The van der Waals surface area contributed by atoms with E-state index in [4.69, 9.17) is 0 Å². The van der Waals surface area contributed by atoms with Gasteiger partial charge < -0.3 is 10.3 Å². The normalized spacial score (nSPS) is 15.1. The van der Waals surface area contributed by atoms with E-state index in [0.717, 1.165) is 36.1 Å². The number of nitrogens with one attached hydrogen (secondary N) is 2. The van der Waals surface area contributed by atoms with Crippen LogP contribution in [0, 0.1) is 5.82 Å². The molecule has 4 rings (SSSR count). The van der Waals surface area contributed by atoms with Crippen LogP contribution in [0.5, 0.6) is 0 Å². The van der Waals surface area contributed by atoms with Gasteiger partial charge in [0.2, 0.25) is 0 Å². The van der Waals surface area contributed by atoms with Gasteiger partial charge in [0.15, 0.2) is 0 Å². The molecule has 1 aliphatic rings. The first-order valence-corrected chi connectivity index (χ1v) is 9.63. The van der Waals surface area contributed by atoms with E-state index in [0.29, 0.717) is 11.6 Å². The molecule has 0 spiro atoms. The Hall–Kier alpha value is -2.92. The van der Waals surface area contributed by atoms with Crippen molar-refractivity contribution in [3.05, 3.63) is 71.7 Å². The number of aromatic nitrogens is 1. The SMILES string of the molecule is CC(C)N1CC=C(c2c[nH]c3ccc(NC(=O)c4ccc(F)cc4)cc23)CC1. The summed E-state index contributed by atoms with van der Waals surface area (Å²) in [5.41, 5.74) is 4.73. The number of carbonyl (C=O) groups excluding carboxylic acids is 1. The zero-order valence-electron chi connectivity index (χ0n) is 16.1. The second-order valence-electron chi connectivity index (χ2n) is 7.49. The van der Waals surface area contributed by atoms with Crippen molar-refractivity contribution in [2.45, 2.75) is 26.3 Å². The second-order valence-corrected chi connectivity index (χ2v) is 7.49. The minimum Gasteiger partial charge on any atom is -0.361 e. The molecule has 144 valence electrons. The molecule has 0 aliphatic carbocycles. The number of benzene rings is 2. The number of rotatable bonds is 4. The molecule has 0 fully saturated rings. The van der Waals surface area contributed by atoms with E-state index in [2.05, 4.69) is 35.1 Å². The summed E-state index contributed by atoms with van der Waals surface area (Å²) in [6, 6.07) is 11.9. The fraction of sp³-hybridized carbons (Fsp3) is 0.261. The van der Waals surface area contributed by atoms with Crippen LogP contribution in [0.15, 0.2) is 54.7 Å². The van der Waals surface area contributed by atoms with E-state index in [1.54, 1.807) is 0 Å². The quantitative estimate of drug-likeness (QED) is 0.668. The number of amides is 1. The molecular weight excluding hydrogens is 353 g/mol. The van der Waals surface area contributed by atoms with E-state index in [9.17, 15) is 9.18 Å². The van der Waals surface area contributed by atoms with Crippen LogP contribution in [0.4, 0.5) is 10.1 Å². The van der Waals surface area contributed by atoms with Crippen LogP contribution in [0.2, 0.25) is 0 Å². The lowest BCUT2D eigenvalue weighted by Gasteiger charge is -2.29. The van der Waals surface area contributed by atoms with Crippen molar-refractivity contribution >= 4 is 28.1 Å². The molecule has 2 aromatic carbocycles. The Balaban J connectivity index is 1.58. The topological polar surface area (TPSA) is 48.1 Å². The van der Waals surface area contributed by atoms with Gasteiger partial charge in [-0.05, 0) is 68.3 Å². The zero-order chi connectivity index (χ0) is 19.7. The van der Waals surface area contributed by atoms with Crippen LogP contribution in [-0.2, 0) is 0 Å². The van der Waals surface area contributed by atoms with Gasteiger partial charge in [0.05, 0.1) is 0 Å². The van der Waals surface area contributed by atoms with E-state index in [1.807, 2.05) is 24.4 Å². The summed E-state index contributed by atoms with van der Waals surface area (Å²) in [6.07, 6.45) is 5.36. The van der Waals surface area contributed by atoms with E-state index in [1.165, 1.54) is 35.4 Å². The largest absolute Gasteiger partial charge is 0.361 e. The smallest absolute Gasteiger partial charge is 0.255 e. The maximum atomic E-state index is 13.1. The molecule has 0 unspecified atom stereocenters. The molecule has 0 saturated carbocycles. The number of carbonyl (C=O) groups is 1. The summed E-state index contributed by atoms with van der Waals surface area (Å²) >= 11 is 0. The molecule has 2 N–H and O–H groups in total. The van der Waals surface area contributed by atoms with Gasteiger partial charge in [-0.25, -0.2) is 4.39 Å². The Bertz CT molecular complexity index is 1030. The number of H-pyrrole nitrogens is 1. The number of hydrogen-bond acceptors (Lipinski definition) is 2. The first-order valence-electron chi connectivity index (χ1n) is 9.63. The van der Waals surface area contributed by atoms with Crippen molar-refractivity contribution in [3.63, 3.8) is 0 Å². The van der Waals surface area contributed by atoms with Crippen molar-refractivity contribution in [1.29, 1.82) is 0 Å². The Morgan fingerprint density at radius 2 is 1.96 bits per heavy atom. The van der Waals surface area contributed by atoms with Gasteiger partial charge in [-0.2, -0.15) is 0 Å². The summed E-state index contributed by atoms with van der Waals surface area (Å²) in [5, 5.41) is 4.01. The van der Waals surface area contributed by atoms with Gasteiger partial charge in [-0.3, -0.25) is 9.69 Å². The lowest BCUT2D eigenvalue weighted by molar-refractivity contribution is 0.102. The molecule has 1 aliphatic heterocycles. The highest BCUT2D eigenvalue weighted by atomic mass is 19.1. The van der Waals surface area contributed by atoms with E-state index >= 15 is 0 Å². The average Bonchev–Trinajstić information content (AvgIpc) is 3.11. The maximum absolute atomic E-state index is 13.1. The number of anilines is 1. The first kappa shape index (κ1) is 18.4. The average molecular weight is 377 g/mol. The van der Waals surface area contributed by atoms with Crippen molar-refractivity contribution in [2.24, 2.45) is 0 Å². The molecule has 1 aromatic heterocycles. The van der Waals surface area contributed by atoms with Crippen LogP contribution in [0.1, 0.15) is 36.2 Å². The highest BCUT2D eigenvalue weighted by molar-refractivity contribution is 6.05. The minimum absolute atomic E-state index is 0.249. The first-order chi connectivity index (χ1) is 13.5. The van der Waals surface area contributed by atoms with Crippen LogP contribution in [-0.4, -0.2) is 34.9 Å². The number of hydrogen-bond donors (Lipinski definition) is 2. The number of aromatic amines is 1. The maximum Gasteiger partial charge on any atom is 0.255 e. The molecule has 0 bridgehead atoms. The molecule has 0 radical (unpaired) electrons. The van der Waals surface area contributed by atoms with Crippen LogP contribution < -0.4 is 5.32 Å². The lowest BCUT2D eigenvalue weighted by atomic mass is 9.98. The third kappa shape index (κ3) is 3.71. The van der Waals surface area contributed by atoms with E-state index < -0.39 is 0 Å². The number of fused-ring (bicyclic) bond motifs is 1. The van der Waals surface area contributed by atoms with Crippen molar-refractivity contribution < 1.29 is 9.18 Å². The van der Waals surface area contributed by atoms with Gasteiger partial charge in [-0.1, -0.05) is 6.08 Å². The molecule has 3 aromatic rings. The molecule has 0 saturated heterocycles. The highest BCUT2D eigenvalue weighted by Gasteiger charge is 2.17. The van der Waals surface area contributed by atoms with Gasteiger partial charge >= 0.3 is 0 Å². The Labute approximate surface area is 164 Å². The zero-order valence-corrected chi connectivity index (χ0v) is 16.1. The van der Waals surface area contributed by atoms with Crippen molar-refractivity contribution in [3.8, 4) is 0 Å². The minimum atomic E-state index is -0.355. The predicted octanol–water partition coefficient (Wildman–Crippen LogP) is 5.06. The Morgan fingerprint density at radius 3 is 2.64 bits per heavy atom. The van der Waals surface area contributed by atoms with Gasteiger partial charge in [-0.15, -0.1) is 0 Å². The summed E-state index contributed by atoms with van der Waals surface area (Å²) < 4.78 is 13.1. The molecule has 5 heteroatoms. The molecular formula is C23H24FN3O. The molecule has 28 heavy (non-hydrogen) atoms. The Morgan fingerprint density at radius 1 is 1.18 bits per heavy atom. The second kappa shape index (κ2) is 7.60. The van der Waals surface area contributed by atoms with Crippen molar-refractivity contribution in [1.82, 2.24) is 9.88 Å². The fourth-order valence-electron chi connectivity index (χ4n) is 3.67. The van der Waals surface area contributed by atoms with Gasteiger partial charge in [0, 0.05) is 53.0 Å². The lowest BCUT2D eigenvalue weighted by Crippen LogP contribution is -2.34. The molecule has 4 nitrogen and oxygen atoms in total. The molecule has 0 atom stereocenters. The summed E-state index contributed by atoms with van der Waals surface area (Å²) in [5.74, 6) is -0.604. The third-order valence-corrected chi connectivity index (χ3v) is 5.36. The number of nitrogens with zero attached hydrogens (tertiary/aromatic N) is 1. The summed E-state index contributed by atoms with van der Waals surface area (Å²) in [4.78, 5) is 18.2. The van der Waals surface area contributed by atoms with Crippen LogP contribution in [0.3, 0.4) is 0 Å². The number of halogens is 1. The predicted molar refractivity (Wildman–Crippen MR) is 112 cm³/mol. The standard InChI is InChI=1S/C23H24FN3O/c1-15(2)27-11-9-16(10-12-27)21-14-25-22-8-7-19(13-20(21)22)26-23(28)17-3-5-18(24)6-4-17/h3-9,13-15,25H,10-12H2,1-2H3,(H,26,28). The molecule has 2 heterocycles. The van der Waals surface area contributed by atoms with E-state index in [-0.39, 0.29) is 11.7 Å². The Kier molecular flexibility index (Phi) is 5.01. The summed E-state index contributed by atoms with van der Waals surface area (Å²) in [7, 11) is 0. The van der Waals surface area contributed by atoms with Gasteiger partial charge in [0.25, 0.3) is 5.91 Å². The fourth-order valence-corrected chi connectivity index (χ4v) is 3.67. The molecule has 1 amide bonds. The van der Waals surface area contributed by atoms with Crippen LogP contribution in [0.25, 0.3) is 16.5 Å². The van der Waals surface area contributed by atoms with Crippen LogP contribution >= 0.6 is 0 Å². The third-order valence-electron chi connectivity index (χ3n) is 5.36. The van der Waals surface area contributed by atoms with Gasteiger partial charge in [0.1, 0.15) is 5.82 Å². The highest BCUT2D eigenvalue weighted by Crippen LogP contribution is 2.31. The van der Waals surface area contributed by atoms with Crippen molar-refractivity contribution in [2.75, 3.05) is 18.4 Å². The summed E-state index contributed by atoms with van der Waals surface area (Å²) in [6.45, 7) is 6.46. The monoisotopic (exact) mass is 377 g/mol.